The summed E-state index contributed by atoms with van der Waals surface area (Å²) in [5.41, 5.74) is 1.52. The molecule has 1 aliphatic rings. The van der Waals surface area contributed by atoms with Crippen LogP contribution in [-0.2, 0) is 10.0 Å². The molecule has 1 fully saturated rings. The van der Waals surface area contributed by atoms with Crippen LogP contribution in [-0.4, -0.2) is 30.8 Å². The normalized spacial score (nSPS) is 16.4. The highest BCUT2D eigenvalue weighted by atomic mass is 32.2. The van der Waals surface area contributed by atoms with Crippen molar-refractivity contribution in [3.8, 4) is 0 Å². The van der Waals surface area contributed by atoms with Crippen molar-refractivity contribution in [3.63, 3.8) is 0 Å². The summed E-state index contributed by atoms with van der Waals surface area (Å²) in [5.74, 6) is -0.606. The van der Waals surface area contributed by atoms with Gasteiger partial charge >= 0.3 is 0 Å². The smallest absolute Gasteiger partial charge is 0.261 e. The van der Waals surface area contributed by atoms with Gasteiger partial charge in [-0.05, 0) is 73.5 Å². The van der Waals surface area contributed by atoms with Crippen molar-refractivity contribution < 1.29 is 17.6 Å². The van der Waals surface area contributed by atoms with Crippen molar-refractivity contribution >= 4 is 21.6 Å². The van der Waals surface area contributed by atoms with Crippen LogP contribution in [0.15, 0.2) is 77.8 Å². The zero-order valence-corrected chi connectivity index (χ0v) is 16.8. The zero-order valence-electron chi connectivity index (χ0n) is 16.0. The summed E-state index contributed by atoms with van der Waals surface area (Å²) in [6.07, 6.45) is 3.45. The fraction of sp³-hybridized carbons (Fsp3) is 0.182. The minimum atomic E-state index is -3.85. The minimum Gasteiger partial charge on any atom is -0.330 e. The lowest BCUT2D eigenvalue weighted by Crippen LogP contribution is -2.31. The van der Waals surface area contributed by atoms with Gasteiger partial charge in [-0.3, -0.25) is 14.5 Å². The van der Waals surface area contributed by atoms with Crippen LogP contribution in [0.1, 0.15) is 34.9 Å². The van der Waals surface area contributed by atoms with Crippen molar-refractivity contribution in [3.05, 3.63) is 90.0 Å². The predicted molar refractivity (Wildman–Crippen MR) is 111 cm³/mol. The van der Waals surface area contributed by atoms with Gasteiger partial charge in [-0.25, -0.2) is 12.8 Å². The first-order valence-corrected chi connectivity index (χ1v) is 11.0. The van der Waals surface area contributed by atoms with E-state index in [1.54, 1.807) is 11.1 Å². The fourth-order valence-electron chi connectivity index (χ4n) is 3.56. The van der Waals surface area contributed by atoms with Crippen LogP contribution in [0.4, 0.5) is 10.1 Å². The molecule has 0 radical (unpaired) electrons. The summed E-state index contributed by atoms with van der Waals surface area (Å²) in [5, 5.41) is 0. The molecule has 154 valence electrons. The van der Waals surface area contributed by atoms with E-state index in [2.05, 4.69) is 9.71 Å². The van der Waals surface area contributed by atoms with Crippen LogP contribution in [0.2, 0.25) is 0 Å². The first kappa shape index (κ1) is 20.0. The van der Waals surface area contributed by atoms with Gasteiger partial charge in [0.2, 0.25) is 0 Å². The van der Waals surface area contributed by atoms with E-state index in [1.807, 2.05) is 18.2 Å². The van der Waals surface area contributed by atoms with Gasteiger partial charge in [0, 0.05) is 24.0 Å². The molecule has 1 atom stereocenters. The number of hydrogen-bond donors (Lipinski definition) is 1. The number of amides is 1. The van der Waals surface area contributed by atoms with Crippen LogP contribution in [0, 0.1) is 5.82 Å². The Bertz CT molecular complexity index is 1130. The van der Waals surface area contributed by atoms with E-state index in [1.165, 1.54) is 48.5 Å². The van der Waals surface area contributed by atoms with Crippen molar-refractivity contribution in [1.82, 2.24) is 9.88 Å². The molecule has 0 bridgehead atoms. The number of carbonyl (C=O) groups is 1. The Morgan fingerprint density at radius 1 is 1.03 bits per heavy atom. The van der Waals surface area contributed by atoms with Gasteiger partial charge in [0.25, 0.3) is 15.9 Å². The average molecular weight is 425 g/mol. The van der Waals surface area contributed by atoms with Crippen LogP contribution in [0.3, 0.4) is 0 Å². The van der Waals surface area contributed by atoms with Crippen LogP contribution in [0.25, 0.3) is 0 Å². The molecule has 30 heavy (non-hydrogen) atoms. The number of nitrogens with one attached hydrogen (secondary N) is 1. The Balaban J connectivity index is 1.51. The third-order valence-electron chi connectivity index (χ3n) is 5.05. The van der Waals surface area contributed by atoms with Crippen molar-refractivity contribution in [2.24, 2.45) is 0 Å². The fourth-order valence-corrected chi connectivity index (χ4v) is 4.62. The molecular formula is C22H20FN3O3S. The number of rotatable bonds is 5. The first-order chi connectivity index (χ1) is 14.4. The second-order valence-electron chi connectivity index (χ2n) is 7.05. The molecule has 1 aliphatic heterocycles. The van der Waals surface area contributed by atoms with Gasteiger partial charge < -0.3 is 4.90 Å². The molecule has 8 heteroatoms. The molecule has 4 rings (SSSR count). The summed E-state index contributed by atoms with van der Waals surface area (Å²) >= 11 is 0. The molecule has 3 aromatic rings. The monoisotopic (exact) mass is 425 g/mol. The Kier molecular flexibility index (Phi) is 5.50. The Morgan fingerprint density at radius 3 is 2.43 bits per heavy atom. The number of pyridine rings is 1. The maximum absolute atomic E-state index is 13.0. The second kappa shape index (κ2) is 8.23. The number of carbonyl (C=O) groups excluding carboxylic acids is 1. The summed E-state index contributed by atoms with van der Waals surface area (Å²) in [7, 11) is -3.85. The molecule has 1 aromatic heterocycles. The SMILES string of the molecule is O=C(c1ccc(S(=O)(=O)Nc2ccc(F)cc2)cc1)N1CCCC1c1ccccn1. The van der Waals surface area contributed by atoms with E-state index in [0.29, 0.717) is 12.1 Å². The third-order valence-corrected chi connectivity index (χ3v) is 6.45. The summed E-state index contributed by atoms with van der Waals surface area (Å²) < 4.78 is 40.5. The summed E-state index contributed by atoms with van der Waals surface area (Å²) in [6, 6.07) is 16.4. The molecule has 1 amide bonds. The Hall–Kier alpha value is -3.26. The van der Waals surface area contributed by atoms with Gasteiger partial charge in [0.05, 0.1) is 16.6 Å². The van der Waals surface area contributed by atoms with Gasteiger partial charge in [0.15, 0.2) is 0 Å². The molecule has 0 saturated carbocycles. The average Bonchev–Trinajstić information content (AvgIpc) is 3.25. The predicted octanol–water partition coefficient (Wildman–Crippen LogP) is 4.00. The molecule has 1 unspecified atom stereocenters. The molecule has 0 aliphatic carbocycles. The number of hydrogen-bond acceptors (Lipinski definition) is 4. The lowest BCUT2D eigenvalue weighted by atomic mass is 10.1. The standard InChI is InChI=1S/C22H20FN3O3S/c23-17-8-10-18(11-9-17)25-30(28,29)19-12-6-16(7-13-19)22(27)26-15-3-5-21(26)20-4-1-2-14-24-20/h1-2,4,6-14,21,25H,3,5,15H2. The van der Waals surface area contributed by atoms with Crippen LogP contribution >= 0.6 is 0 Å². The van der Waals surface area contributed by atoms with E-state index < -0.39 is 15.8 Å². The van der Waals surface area contributed by atoms with Crippen molar-refractivity contribution in [1.29, 1.82) is 0 Å². The lowest BCUT2D eigenvalue weighted by Gasteiger charge is -2.24. The number of aromatic nitrogens is 1. The molecule has 2 aromatic carbocycles. The topological polar surface area (TPSA) is 79.4 Å². The van der Waals surface area contributed by atoms with Crippen LogP contribution < -0.4 is 4.72 Å². The lowest BCUT2D eigenvalue weighted by molar-refractivity contribution is 0.0733. The number of nitrogens with zero attached hydrogens (tertiary/aromatic N) is 2. The maximum Gasteiger partial charge on any atom is 0.261 e. The number of sulfonamides is 1. The number of halogens is 1. The van der Waals surface area contributed by atoms with Gasteiger partial charge in [0.1, 0.15) is 5.82 Å². The van der Waals surface area contributed by atoms with E-state index in [-0.39, 0.29) is 22.5 Å². The third kappa shape index (κ3) is 4.18. The van der Waals surface area contributed by atoms with E-state index in [4.69, 9.17) is 0 Å². The highest BCUT2D eigenvalue weighted by Crippen LogP contribution is 2.32. The van der Waals surface area contributed by atoms with Crippen molar-refractivity contribution in [2.45, 2.75) is 23.8 Å². The van der Waals surface area contributed by atoms with E-state index in [0.717, 1.165) is 18.5 Å². The van der Waals surface area contributed by atoms with E-state index >= 15 is 0 Å². The molecule has 1 saturated heterocycles. The summed E-state index contributed by atoms with van der Waals surface area (Å²) in [6.45, 7) is 0.631. The van der Waals surface area contributed by atoms with Gasteiger partial charge in [-0.1, -0.05) is 6.07 Å². The van der Waals surface area contributed by atoms with E-state index in [9.17, 15) is 17.6 Å². The molecule has 2 heterocycles. The van der Waals surface area contributed by atoms with Crippen LogP contribution in [0.5, 0.6) is 0 Å². The Labute approximate surface area is 174 Å². The first-order valence-electron chi connectivity index (χ1n) is 9.54. The largest absolute Gasteiger partial charge is 0.330 e. The quantitative estimate of drug-likeness (QED) is 0.670. The van der Waals surface area contributed by atoms with Crippen molar-refractivity contribution in [2.75, 3.05) is 11.3 Å². The second-order valence-corrected chi connectivity index (χ2v) is 8.73. The zero-order chi connectivity index (χ0) is 21.1. The molecule has 1 N–H and O–H groups in total. The number of likely N-dealkylation sites (tertiary alicyclic amines) is 1. The number of benzene rings is 2. The summed E-state index contributed by atoms with van der Waals surface area (Å²) in [4.78, 5) is 19.2. The van der Waals surface area contributed by atoms with Gasteiger partial charge in [-0.2, -0.15) is 0 Å². The minimum absolute atomic E-state index is 0.0195. The molecular weight excluding hydrogens is 405 g/mol. The molecule has 0 spiro atoms. The Morgan fingerprint density at radius 2 is 1.77 bits per heavy atom. The maximum atomic E-state index is 13.0. The highest BCUT2D eigenvalue weighted by Gasteiger charge is 2.31. The molecule has 6 nitrogen and oxygen atoms in total. The number of anilines is 1. The highest BCUT2D eigenvalue weighted by molar-refractivity contribution is 7.92. The van der Waals surface area contributed by atoms with Gasteiger partial charge in [-0.15, -0.1) is 0 Å².